The zero-order valence-corrected chi connectivity index (χ0v) is 22.7. The van der Waals surface area contributed by atoms with Crippen molar-refractivity contribution in [3.8, 4) is 0 Å². The van der Waals surface area contributed by atoms with E-state index in [1.54, 1.807) is 31.4 Å². The number of hydrogen-bond donors (Lipinski definition) is 2. The second kappa shape index (κ2) is 10.9. The summed E-state index contributed by atoms with van der Waals surface area (Å²) >= 11 is 8.46. The number of hydrogen-bond acceptors (Lipinski definition) is 9. The fourth-order valence-electron chi connectivity index (χ4n) is 4.01. The first-order valence-electron chi connectivity index (χ1n) is 11.4. The molecule has 0 bridgehead atoms. The number of aromatic nitrogens is 2. The average molecular weight is 591 g/mol. The summed E-state index contributed by atoms with van der Waals surface area (Å²) in [4.78, 5) is 39.0. The minimum Gasteiger partial charge on any atom is -0.462 e. The van der Waals surface area contributed by atoms with Crippen molar-refractivity contribution < 1.29 is 37.0 Å². The third-order valence-electron chi connectivity index (χ3n) is 5.71. The molecule has 2 atom stereocenters. The molecule has 0 fully saturated rings. The van der Waals surface area contributed by atoms with E-state index in [1.165, 1.54) is 18.3 Å². The van der Waals surface area contributed by atoms with Crippen molar-refractivity contribution in [1.29, 1.82) is 0 Å². The topological polar surface area (TPSA) is 112 Å². The number of nitrogens with zero attached hydrogens (tertiary/aromatic N) is 2. The Bertz CT molecular complexity index is 1370. The number of fused-ring (bicyclic) bond motifs is 1. The lowest BCUT2D eigenvalue weighted by Gasteiger charge is -2.32. The smallest absolute Gasteiger partial charge is 0.410 e. The Labute approximate surface area is 227 Å². The van der Waals surface area contributed by atoms with Crippen LogP contribution in [-0.2, 0) is 9.47 Å². The Morgan fingerprint density at radius 1 is 1.24 bits per heavy atom. The van der Waals surface area contributed by atoms with E-state index in [4.69, 9.17) is 21.1 Å². The normalized spacial score (nSPS) is 16.9. The summed E-state index contributed by atoms with van der Waals surface area (Å²) in [5.74, 6) is -2.60. The number of ether oxygens (including phenoxy) is 2. The van der Waals surface area contributed by atoms with E-state index >= 15 is 0 Å². The molecule has 204 valence electrons. The second-order valence-corrected chi connectivity index (χ2v) is 10.5. The third kappa shape index (κ3) is 5.24. The Morgan fingerprint density at radius 2 is 1.92 bits per heavy atom. The Kier molecular flexibility index (Phi) is 8.04. The van der Waals surface area contributed by atoms with E-state index in [2.05, 4.69) is 15.7 Å². The molecule has 0 aromatic carbocycles. The van der Waals surface area contributed by atoms with Gasteiger partial charge in [-0.05, 0) is 37.8 Å². The molecule has 4 rings (SSSR count). The molecule has 2 N–H and O–H groups in total. The maximum absolute atomic E-state index is 14.0. The monoisotopic (exact) mass is 590 g/mol. The van der Waals surface area contributed by atoms with Gasteiger partial charge < -0.3 is 20.1 Å². The number of carbonyl (C=O) groups excluding carboxylic acids is 3. The number of rotatable bonds is 7. The van der Waals surface area contributed by atoms with Gasteiger partial charge in [0.15, 0.2) is 11.7 Å². The predicted molar refractivity (Wildman–Crippen MR) is 137 cm³/mol. The quantitative estimate of drug-likeness (QED) is 0.314. The summed E-state index contributed by atoms with van der Waals surface area (Å²) < 4.78 is 52.8. The van der Waals surface area contributed by atoms with Gasteiger partial charge in [0, 0.05) is 11.3 Å². The molecule has 3 aromatic rings. The molecule has 0 spiro atoms. The SMILES string of the molecule is CCOC(=O)c1sc(NC(=O)c2nn3c(c2Cl)NC(c2cccs2)CC3C(F)(F)F)c(C(=O)OCC)c1C. The van der Waals surface area contributed by atoms with E-state index in [0.29, 0.717) is 9.56 Å². The molecule has 1 aliphatic heterocycles. The van der Waals surface area contributed by atoms with Crippen molar-refractivity contribution in [3.63, 3.8) is 0 Å². The first kappa shape index (κ1) is 27.9. The maximum Gasteiger partial charge on any atom is 0.410 e. The van der Waals surface area contributed by atoms with Crippen LogP contribution in [0, 0.1) is 6.92 Å². The first-order valence-corrected chi connectivity index (χ1v) is 13.5. The van der Waals surface area contributed by atoms with Crippen LogP contribution in [0.5, 0.6) is 0 Å². The maximum atomic E-state index is 14.0. The van der Waals surface area contributed by atoms with Crippen LogP contribution in [0.1, 0.15) is 73.3 Å². The van der Waals surface area contributed by atoms with Crippen molar-refractivity contribution >= 4 is 62.9 Å². The molecule has 0 aliphatic carbocycles. The highest BCUT2D eigenvalue weighted by atomic mass is 35.5. The van der Waals surface area contributed by atoms with Crippen molar-refractivity contribution in [1.82, 2.24) is 9.78 Å². The molecule has 0 radical (unpaired) electrons. The molecule has 0 saturated heterocycles. The number of nitrogens with one attached hydrogen (secondary N) is 2. The highest BCUT2D eigenvalue weighted by Crippen LogP contribution is 2.47. The lowest BCUT2D eigenvalue weighted by atomic mass is 10.0. The van der Waals surface area contributed by atoms with Gasteiger partial charge in [-0.15, -0.1) is 22.7 Å². The van der Waals surface area contributed by atoms with Gasteiger partial charge in [0.25, 0.3) is 5.91 Å². The number of thiophene rings is 2. The lowest BCUT2D eigenvalue weighted by molar-refractivity contribution is -0.173. The van der Waals surface area contributed by atoms with Crippen molar-refractivity contribution in [2.75, 3.05) is 23.8 Å². The van der Waals surface area contributed by atoms with E-state index < -0.39 is 41.8 Å². The molecule has 1 aliphatic rings. The van der Waals surface area contributed by atoms with E-state index in [9.17, 15) is 27.6 Å². The summed E-state index contributed by atoms with van der Waals surface area (Å²) in [5, 5.41) is 10.7. The van der Waals surface area contributed by atoms with Crippen LogP contribution in [0.3, 0.4) is 0 Å². The molecule has 4 heterocycles. The fourth-order valence-corrected chi connectivity index (χ4v) is 6.15. The van der Waals surface area contributed by atoms with Gasteiger partial charge in [-0.2, -0.15) is 18.3 Å². The van der Waals surface area contributed by atoms with Crippen LogP contribution in [0.15, 0.2) is 17.5 Å². The second-order valence-electron chi connectivity index (χ2n) is 8.12. The van der Waals surface area contributed by atoms with Crippen molar-refractivity contribution in [2.45, 2.75) is 45.5 Å². The molecule has 9 nitrogen and oxygen atoms in total. The summed E-state index contributed by atoms with van der Waals surface area (Å²) in [6.45, 7) is 4.82. The van der Waals surface area contributed by atoms with Crippen LogP contribution in [0.25, 0.3) is 0 Å². The van der Waals surface area contributed by atoms with Crippen LogP contribution in [-0.4, -0.2) is 47.0 Å². The van der Waals surface area contributed by atoms with Gasteiger partial charge in [0.2, 0.25) is 0 Å². The average Bonchev–Trinajstić information content (AvgIpc) is 3.57. The summed E-state index contributed by atoms with van der Waals surface area (Å²) in [7, 11) is 0. The molecule has 38 heavy (non-hydrogen) atoms. The molecule has 0 saturated carbocycles. The predicted octanol–water partition coefficient (Wildman–Crippen LogP) is 6.23. The number of esters is 2. The van der Waals surface area contributed by atoms with E-state index in [1.807, 2.05) is 0 Å². The first-order chi connectivity index (χ1) is 18.0. The van der Waals surface area contributed by atoms with Gasteiger partial charge in [-0.3, -0.25) is 4.79 Å². The van der Waals surface area contributed by atoms with E-state index in [0.717, 1.165) is 11.3 Å². The van der Waals surface area contributed by atoms with Crippen molar-refractivity contribution in [3.05, 3.63) is 49.1 Å². The number of amides is 1. The minimum atomic E-state index is -4.66. The number of halogens is 4. The summed E-state index contributed by atoms with van der Waals surface area (Å²) in [6, 6.07) is 0.715. The van der Waals surface area contributed by atoms with Gasteiger partial charge in [0.05, 0.1) is 24.8 Å². The van der Waals surface area contributed by atoms with Crippen molar-refractivity contribution in [2.24, 2.45) is 0 Å². The summed E-state index contributed by atoms with van der Waals surface area (Å²) in [6.07, 6.45) is -5.01. The third-order valence-corrected chi connectivity index (χ3v) is 8.24. The fraction of sp³-hybridized carbons (Fsp3) is 0.391. The number of alkyl halides is 3. The zero-order chi connectivity index (χ0) is 27.8. The number of anilines is 2. The highest BCUT2D eigenvalue weighted by Gasteiger charge is 2.48. The Balaban J connectivity index is 1.72. The molecular formula is C23H22ClF3N4O5S2. The van der Waals surface area contributed by atoms with E-state index in [-0.39, 0.29) is 51.5 Å². The summed E-state index contributed by atoms with van der Waals surface area (Å²) in [5.41, 5.74) is -0.318. The van der Waals surface area contributed by atoms with Crippen LogP contribution in [0.4, 0.5) is 24.0 Å². The number of carbonyl (C=O) groups is 3. The Morgan fingerprint density at radius 3 is 2.53 bits per heavy atom. The largest absolute Gasteiger partial charge is 0.462 e. The Hall–Kier alpha value is -3.10. The van der Waals surface area contributed by atoms with Crippen LogP contribution in [0.2, 0.25) is 5.02 Å². The van der Waals surface area contributed by atoms with Gasteiger partial charge in [-0.1, -0.05) is 17.7 Å². The highest BCUT2D eigenvalue weighted by molar-refractivity contribution is 7.18. The zero-order valence-electron chi connectivity index (χ0n) is 20.3. The molecule has 3 aromatic heterocycles. The molecule has 15 heteroatoms. The molecule has 1 amide bonds. The van der Waals surface area contributed by atoms with Crippen LogP contribution >= 0.6 is 34.3 Å². The molecule has 2 unspecified atom stereocenters. The van der Waals surface area contributed by atoms with Crippen LogP contribution < -0.4 is 10.6 Å². The molecular weight excluding hydrogens is 569 g/mol. The van der Waals surface area contributed by atoms with Gasteiger partial charge >= 0.3 is 18.1 Å². The minimum absolute atomic E-state index is 0.0335. The standard InChI is InChI=1S/C23H22ClF3N4O5S2/c1-4-35-21(33)14-10(3)17(22(34)36-5-2)38-20(14)29-19(32)16-15(24)18-28-11(12-7-6-8-37-12)9-13(23(25,26)27)31(18)30-16/h6-8,11,13,28H,4-5,9H2,1-3H3,(H,29,32). The van der Waals surface area contributed by atoms with Gasteiger partial charge in [0.1, 0.15) is 20.7 Å². The lowest BCUT2D eigenvalue weighted by Crippen LogP contribution is -2.35. The van der Waals surface area contributed by atoms with Gasteiger partial charge in [-0.25, -0.2) is 14.3 Å².